The van der Waals surface area contributed by atoms with Gasteiger partial charge in [0.05, 0.1) is 0 Å². The molecular formula is C2H9Na2O3P. The number of hydrogen-bond donors (Lipinski definition) is 0. The molecule has 0 heterocycles. The summed E-state index contributed by atoms with van der Waals surface area (Å²) in [6.07, 6.45) is 0. The van der Waals surface area contributed by atoms with Gasteiger partial charge in [-0.2, -0.15) is 0 Å². The fraction of sp³-hybridized carbons (Fsp3) is 1.00. The Morgan fingerprint density at radius 3 is 1.38 bits per heavy atom. The Hall–Kier alpha value is 2.15. The number of hydrogen-bond acceptors (Lipinski definition) is 3. The number of rotatable bonds is 2. The molecule has 0 N–H and O–H groups in total. The van der Waals surface area contributed by atoms with Crippen molar-refractivity contribution in [3.05, 3.63) is 0 Å². The minimum atomic E-state index is -2.12. The maximum absolute atomic E-state index is 9.92. The summed E-state index contributed by atoms with van der Waals surface area (Å²) in [5, 5.41) is 0. The standard InChI is InChI=1S/C2H7O3P.2Na.2H/c1-4-6(3)5-2;;;;/h6H,1-2H3;;;;. The molecule has 3 nitrogen and oxygen atoms in total. The fourth-order valence-electron chi connectivity index (χ4n) is 0.0833. The van der Waals surface area contributed by atoms with Crippen molar-refractivity contribution in [2.45, 2.75) is 0 Å². The third-order valence-electron chi connectivity index (χ3n) is 0.333. The Morgan fingerprint density at radius 2 is 1.38 bits per heavy atom. The molecule has 8 heavy (non-hydrogen) atoms. The van der Waals surface area contributed by atoms with E-state index in [2.05, 4.69) is 9.05 Å². The van der Waals surface area contributed by atoms with Gasteiger partial charge < -0.3 is 9.05 Å². The van der Waals surface area contributed by atoms with Crippen LogP contribution in [0.5, 0.6) is 0 Å². The monoisotopic (exact) mass is 158 g/mol. The first-order chi connectivity index (χ1) is 2.81. The molecule has 0 amide bonds. The average Bonchev–Trinajstić information content (AvgIpc) is 1.65. The van der Waals surface area contributed by atoms with Crippen LogP contribution in [-0.2, 0) is 13.6 Å². The van der Waals surface area contributed by atoms with Crippen LogP contribution in [0.2, 0.25) is 0 Å². The van der Waals surface area contributed by atoms with E-state index < -0.39 is 8.25 Å². The Kier molecular flexibility index (Phi) is 24.7. The minimum absolute atomic E-state index is 0. The molecule has 0 aliphatic rings. The molecule has 0 aromatic rings. The third kappa shape index (κ3) is 11.0. The van der Waals surface area contributed by atoms with E-state index in [4.69, 9.17) is 0 Å². The molecule has 42 valence electrons. The van der Waals surface area contributed by atoms with Crippen LogP contribution in [0.25, 0.3) is 0 Å². The molecule has 0 aromatic heterocycles. The van der Waals surface area contributed by atoms with Crippen LogP contribution in [-0.4, -0.2) is 73.3 Å². The van der Waals surface area contributed by atoms with Crippen molar-refractivity contribution in [3.8, 4) is 0 Å². The van der Waals surface area contributed by atoms with Crippen LogP contribution < -0.4 is 0 Å². The summed E-state index contributed by atoms with van der Waals surface area (Å²) in [6.45, 7) is 0. The molecule has 0 radical (unpaired) electrons. The molecule has 6 heteroatoms. The van der Waals surface area contributed by atoms with E-state index in [1.165, 1.54) is 14.2 Å². The first-order valence-corrected chi connectivity index (χ1v) is 2.65. The molecule has 0 fully saturated rings. The fourth-order valence-corrected chi connectivity index (χ4v) is 0.250. The summed E-state index contributed by atoms with van der Waals surface area (Å²) < 4.78 is 18.4. The van der Waals surface area contributed by atoms with Crippen LogP contribution >= 0.6 is 8.25 Å². The van der Waals surface area contributed by atoms with Gasteiger partial charge in [-0.15, -0.1) is 0 Å². The van der Waals surface area contributed by atoms with Crippen molar-refractivity contribution < 1.29 is 13.6 Å². The quantitative estimate of drug-likeness (QED) is 0.396. The van der Waals surface area contributed by atoms with Crippen molar-refractivity contribution in [1.82, 2.24) is 0 Å². The van der Waals surface area contributed by atoms with Crippen molar-refractivity contribution >= 4 is 67.4 Å². The van der Waals surface area contributed by atoms with Crippen LogP contribution in [0, 0.1) is 0 Å². The van der Waals surface area contributed by atoms with Gasteiger partial charge in [0.1, 0.15) is 0 Å². The molecule has 0 atom stereocenters. The average molecular weight is 158 g/mol. The van der Waals surface area contributed by atoms with Gasteiger partial charge in [0.15, 0.2) is 0 Å². The topological polar surface area (TPSA) is 35.5 Å². The predicted octanol–water partition coefficient (Wildman–Crippen LogP) is -0.628. The second-order valence-electron chi connectivity index (χ2n) is 0.658. The SMILES string of the molecule is CO[PH](=O)OC.[NaH].[NaH]. The van der Waals surface area contributed by atoms with E-state index in [0.29, 0.717) is 0 Å². The van der Waals surface area contributed by atoms with Gasteiger partial charge >= 0.3 is 67.4 Å². The molecule has 0 unspecified atom stereocenters. The van der Waals surface area contributed by atoms with E-state index in [-0.39, 0.29) is 59.1 Å². The van der Waals surface area contributed by atoms with Gasteiger partial charge in [-0.1, -0.05) is 0 Å². The van der Waals surface area contributed by atoms with E-state index >= 15 is 0 Å². The zero-order chi connectivity index (χ0) is 4.99. The summed E-state index contributed by atoms with van der Waals surface area (Å²) in [5.41, 5.74) is 0. The summed E-state index contributed by atoms with van der Waals surface area (Å²) in [5.74, 6) is 0. The van der Waals surface area contributed by atoms with Gasteiger partial charge in [0.25, 0.3) is 0 Å². The molecule has 0 aliphatic carbocycles. The van der Waals surface area contributed by atoms with E-state index in [1.807, 2.05) is 0 Å². The third-order valence-corrected chi connectivity index (χ3v) is 1.00. The van der Waals surface area contributed by atoms with E-state index in [1.54, 1.807) is 0 Å². The first kappa shape index (κ1) is 16.6. The van der Waals surface area contributed by atoms with Crippen molar-refractivity contribution in [1.29, 1.82) is 0 Å². The Balaban J connectivity index is -0.000000125. The molecular weight excluding hydrogens is 149 g/mol. The van der Waals surface area contributed by atoms with E-state index in [0.717, 1.165) is 0 Å². The summed E-state index contributed by atoms with van der Waals surface area (Å²) in [4.78, 5) is 0. The van der Waals surface area contributed by atoms with Crippen LogP contribution in [0.1, 0.15) is 0 Å². The molecule has 0 aliphatic heterocycles. The predicted molar refractivity (Wildman–Crippen MR) is 37.3 cm³/mol. The Bertz CT molecular complexity index is 53.2. The van der Waals surface area contributed by atoms with Crippen LogP contribution in [0.15, 0.2) is 0 Å². The normalized spacial score (nSPS) is 7.38. The molecule has 0 aromatic carbocycles. The van der Waals surface area contributed by atoms with Crippen molar-refractivity contribution in [2.75, 3.05) is 14.2 Å². The van der Waals surface area contributed by atoms with Crippen molar-refractivity contribution in [2.24, 2.45) is 0 Å². The zero-order valence-corrected chi connectivity index (χ0v) is 4.72. The van der Waals surface area contributed by atoms with Gasteiger partial charge in [-0.3, -0.25) is 4.57 Å². The second-order valence-corrected chi connectivity index (χ2v) is 1.97. The first-order valence-electron chi connectivity index (χ1n) is 1.43. The van der Waals surface area contributed by atoms with Crippen LogP contribution in [0.3, 0.4) is 0 Å². The van der Waals surface area contributed by atoms with Gasteiger partial charge in [-0.05, 0) is 0 Å². The molecule has 0 saturated heterocycles. The second kappa shape index (κ2) is 11.9. The van der Waals surface area contributed by atoms with Gasteiger partial charge in [-0.25, -0.2) is 0 Å². The molecule has 0 spiro atoms. The van der Waals surface area contributed by atoms with Crippen molar-refractivity contribution in [3.63, 3.8) is 0 Å². The Labute approximate surface area is 94.0 Å². The van der Waals surface area contributed by atoms with Gasteiger partial charge in [0.2, 0.25) is 0 Å². The molecule has 0 bridgehead atoms. The summed E-state index contributed by atoms with van der Waals surface area (Å²) >= 11 is 0. The maximum atomic E-state index is 9.92. The van der Waals surface area contributed by atoms with E-state index in [9.17, 15) is 4.57 Å². The zero-order valence-electron chi connectivity index (χ0n) is 3.72. The van der Waals surface area contributed by atoms with Crippen LogP contribution in [0.4, 0.5) is 0 Å². The van der Waals surface area contributed by atoms with Gasteiger partial charge in [0, 0.05) is 14.2 Å². The summed E-state index contributed by atoms with van der Waals surface area (Å²) in [7, 11) is 0.558. The Morgan fingerprint density at radius 1 is 1.12 bits per heavy atom. The molecule has 0 rings (SSSR count). The summed E-state index contributed by atoms with van der Waals surface area (Å²) in [6, 6.07) is 0. The molecule has 0 saturated carbocycles.